The van der Waals surface area contributed by atoms with Crippen LogP contribution in [-0.2, 0) is 0 Å². The lowest BCUT2D eigenvalue weighted by molar-refractivity contribution is 0.666. The Morgan fingerprint density at radius 3 is 1.40 bits per heavy atom. The first kappa shape index (κ1) is 35.5. The third-order valence-corrected chi connectivity index (χ3v) is 11.9. The minimum atomic E-state index is 0.577. The predicted molar refractivity (Wildman–Crippen MR) is 254 cm³/mol. The average molecular weight is 793 g/mol. The second-order valence-corrected chi connectivity index (χ2v) is 15.6. The first-order valence-corrected chi connectivity index (χ1v) is 20.8. The number of aromatic nitrogens is 4. The SMILES string of the molecule is c1ccc(-c2ccc(-c3nc(-c4ccccc4)nc(-c4ccc5c(c4)oc4c(-n6c7ccc(-c8ccccc8)cc7c7ccc(-c8ccccc8)cc76)cccc45)n3)cc2)cc1. The van der Waals surface area contributed by atoms with Crippen molar-refractivity contribution in [1.82, 2.24) is 19.5 Å². The molecule has 3 aromatic heterocycles. The maximum absolute atomic E-state index is 6.97. The number of benzene rings is 9. The van der Waals surface area contributed by atoms with E-state index in [9.17, 15) is 0 Å². The second kappa shape index (κ2) is 14.7. The maximum atomic E-state index is 6.97. The van der Waals surface area contributed by atoms with Crippen LogP contribution in [0.3, 0.4) is 0 Å². The lowest BCUT2D eigenvalue weighted by Crippen LogP contribution is -2.00. The molecule has 0 N–H and O–H groups in total. The number of fused-ring (bicyclic) bond motifs is 6. The minimum Gasteiger partial charge on any atom is -0.454 e. The van der Waals surface area contributed by atoms with Gasteiger partial charge in [-0.3, -0.25) is 0 Å². The van der Waals surface area contributed by atoms with Gasteiger partial charge in [0.05, 0.1) is 16.7 Å². The fourth-order valence-electron chi connectivity index (χ4n) is 8.79. The fourth-order valence-corrected chi connectivity index (χ4v) is 8.79. The predicted octanol–water partition coefficient (Wildman–Crippen LogP) is 14.9. The van der Waals surface area contributed by atoms with Crippen molar-refractivity contribution in [3.63, 3.8) is 0 Å². The third-order valence-electron chi connectivity index (χ3n) is 11.9. The molecule has 0 bridgehead atoms. The highest BCUT2D eigenvalue weighted by atomic mass is 16.3. The first-order chi connectivity index (χ1) is 30.7. The summed E-state index contributed by atoms with van der Waals surface area (Å²) >= 11 is 0. The summed E-state index contributed by atoms with van der Waals surface area (Å²) in [5.74, 6) is 1.80. The molecule has 3 heterocycles. The van der Waals surface area contributed by atoms with Gasteiger partial charge in [0.25, 0.3) is 0 Å². The number of hydrogen-bond acceptors (Lipinski definition) is 4. The van der Waals surface area contributed by atoms with Crippen LogP contribution in [0.2, 0.25) is 0 Å². The summed E-state index contributed by atoms with van der Waals surface area (Å²) < 4.78 is 9.33. The quantitative estimate of drug-likeness (QED) is 0.161. The molecular weight excluding hydrogens is 757 g/mol. The Morgan fingerprint density at radius 1 is 0.290 bits per heavy atom. The van der Waals surface area contributed by atoms with Gasteiger partial charge < -0.3 is 8.98 Å². The van der Waals surface area contributed by atoms with Gasteiger partial charge in [0.2, 0.25) is 0 Å². The van der Waals surface area contributed by atoms with E-state index in [1.54, 1.807) is 0 Å². The van der Waals surface area contributed by atoms with Gasteiger partial charge in [0, 0.05) is 38.2 Å². The molecule has 12 aromatic rings. The van der Waals surface area contributed by atoms with Crippen LogP contribution in [0.1, 0.15) is 0 Å². The first-order valence-electron chi connectivity index (χ1n) is 20.8. The molecule has 0 aliphatic rings. The molecule has 290 valence electrons. The molecule has 12 rings (SSSR count). The Hall–Kier alpha value is -8.41. The van der Waals surface area contributed by atoms with Crippen LogP contribution in [0.25, 0.3) is 117 Å². The van der Waals surface area contributed by atoms with Crippen LogP contribution < -0.4 is 0 Å². The Bertz CT molecular complexity index is 3600. The van der Waals surface area contributed by atoms with Crippen LogP contribution in [0.4, 0.5) is 0 Å². The standard InChI is InChI=1S/C57H36N4O/c1-5-14-37(15-6-1)40-24-26-42(27-25-40)56-58-55(41-20-11-4-12-21-41)59-57(60-56)45-29-32-47-48-22-13-23-51(54(48)62-53(47)36-45)61-50-33-30-43(38-16-7-2-8-17-38)34-49(50)46-31-28-44(35-52(46)61)39-18-9-3-10-19-39/h1-36H. The number of para-hydroxylation sites is 1. The van der Waals surface area contributed by atoms with E-state index in [1.165, 1.54) is 27.5 Å². The van der Waals surface area contributed by atoms with Crippen molar-refractivity contribution in [2.75, 3.05) is 0 Å². The van der Waals surface area contributed by atoms with Gasteiger partial charge in [-0.15, -0.1) is 0 Å². The van der Waals surface area contributed by atoms with Crippen molar-refractivity contribution in [2.45, 2.75) is 0 Å². The summed E-state index contributed by atoms with van der Waals surface area (Å²) in [6, 6.07) is 76.4. The second-order valence-electron chi connectivity index (χ2n) is 15.6. The van der Waals surface area contributed by atoms with Gasteiger partial charge in [0.15, 0.2) is 23.1 Å². The van der Waals surface area contributed by atoms with Gasteiger partial charge in [-0.1, -0.05) is 182 Å². The smallest absolute Gasteiger partial charge is 0.164 e. The summed E-state index contributed by atoms with van der Waals surface area (Å²) in [5.41, 5.74) is 14.5. The molecule has 9 aromatic carbocycles. The van der Waals surface area contributed by atoms with Gasteiger partial charge in [-0.05, 0) is 69.8 Å². The third kappa shape index (κ3) is 6.14. The number of furan rings is 1. The molecule has 5 nitrogen and oxygen atoms in total. The van der Waals surface area contributed by atoms with E-state index >= 15 is 0 Å². The molecule has 0 radical (unpaired) electrons. The molecular formula is C57H36N4O. The number of nitrogens with zero attached hydrogens (tertiary/aromatic N) is 4. The van der Waals surface area contributed by atoms with E-state index in [0.717, 1.165) is 72.0 Å². The minimum absolute atomic E-state index is 0.577. The molecule has 0 fully saturated rings. The fraction of sp³-hybridized carbons (Fsp3) is 0. The highest BCUT2D eigenvalue weighted by Crippen LogP contribution is 2.41. The Labute approximate surface area is 357 Å². The van der Waals surface area contributed by atoms with E-state index < -0.39 is 0 Å². The van der Waals surface area contributed by atoms with Crippen LogP contribution >= 0.6 is 0 Å². The van der Waals surface area contributed by atoms with E-state index in [4.69, 9.17) is 19.4 Å². The molecule has 0 spiro atoms. The van der Waals surface area contributed by atoms with E-state index in [0.29, 0.717) is 17.5 Å². The highest BCUT2D eigenvalue weighted by molar-refractivity contribution is 6.14. The molecule has 62 heavy (non-hydrogen) atoms. The van der Waals surface area contributed by atoms with Crippen molar-refractivity contribution in [3.8, 4) is 73.2 Å². The van der Waals surface area contributed by atoms with Crippen LogP contribution in [-0.4, -0.2) is 19.5 Å². The molecule has 5 heteroatoms. The van der Waals surface area contributed by atoms with Gasteiger partial charge in [-0.25, -0.2) is 15.0 Å². The van der Waals surface area contributed by atoms with Crippen molar-refractivity contribution in [1.29, 1.82) is 0 Å². The lowest BCUT2D eigenvalue weighted by atomic mass is 10.0. The van der Waals surface area contributed by atoms with Crippen molar-refractivity contribution < 1.29 is 4.42 Å². The normalized spacial score (nSPS) is 11.5. The molecule has 0 aliphatic heterocycles. The van der Waals surface area contributed by atoms with Crippen molar-refractivity contribution in [2.24, 2.45) is 0 Å². The van der Waals surface area contributed by atoms with Gasteiger partial charge in [-0.2, -0.15) is 0 Å². The topological polar surface area (TPSA) is 56.7 Å². The Morgan fingerprint density at radius 2 is 0.758 bits per heavy atom. The summed E-state index contributed by atoms with van der Waals surface area (Å²) in [5, 5.41) is 4.43. The molecule has 0 saturated carbocycles. The average Bonchev–Trinajstić information content (AvgIpc) is 3.90. The molecule has 0 unspecified atom stereocenters. The zero-order valence-corrected chi connectivity index (χ0v) is 33.5. The summed E-state index contributed by atoms with van der Waals surface area (Å²) in [6.45, 7) is 0. The van der Waals surface area contributed by atoms with E-state index in [-0.39, 0.29) is 0 Å². The maximum Gasteiger partial charge on any atom is 0.164 e. The molecule has 0 atom stereocenters. The molecule has 0 saturated heterocycles. The number of hydrogen-bond donors (Lipinski definition) is 0. The lowest BCUT2D eigenvalue weighted by Gasteiger charge is -2.10. The molecule has 0 amide bonds. The van der Waals surface area contributed by atoms with Crippen LogP contribution in [0.5, 0.6) is 0 Å². The van der Waals surface area contributed by atoms with Crippen LogP contribution in [0.15, 0.2) is 223 Å². The van der Waals surface area contributed by atoms with Crippen molar-refractivity contribution in [3.05, 3.63) is 218 Å². The zero-order chi connectivity index (χ0) is 41.0. The van der Waals surface area contributed by atoms with Gasteiger partial charge in [0.1, 0.15) is 5.58 Å². The van der Waals surface area contributed by atoms with Gasteiger partial charge >= 0.3 is 0 Å². The Balaban J connectivity index is 1.02. The van der Waals surface area contributed by atoms with Crippen molar-refractivity contribution >= 4 is 43.7 Å². The zero-order valence-electron chi connectivity index (χ0n) is 33.5. The number of rotatable bonds is 7. The largest absolute Gasteiger partial charge is 0.454 e. The summed E-state index contributed by atoms with van der Waals surface area (Å²) in [7, 11) is 0. The Kier molecular flexibility index (Phi) is 8.42. The monoisotopic (exact) mass is 792 g/mol. The summed E-state index contributed by atoms with van der Waals surface area (Å²) in [6.07, 6.45) is 0. The van der Waals surface area contributed by atoms with Crippen LogP contribution in [0, 0.1) is 0 Å². The van der Waals surface area contributed by atoms with E-state index in [1.807, 2.05) is 36.4 Å². The van der Waals surface area contributed by atoms with E-state index in [2.05, 4.69) is 187 Å². The summed E-state index contributed by atoms with van der Waals surface area (Å²) in [4.78, 5) is 15.1. The highest BCUT2D eigenvalue weighted by Gasteiger charge is 2.20. The molecule has 0 aliphatic carbocycles.